The van der Waals surface area contributed by atoms with Crippen LogP contribution < -0.4 is 4.74 Å². The molecule has 0 amide bonds. The van der Waals surface area contributed by atoms with Crippen LogP contribution in [-0.4, -0.2) is 7.11 Å². The molecule has 0 spiro atoms. The Morgan fingerprint density at radius 3 is 2.30 bits per heavy atom. The highest BCUT2D eigenvalue weighted by molar-refractivity contribution is 6.21. The minimum atomic E-state index is 0.0632. The van der Waals surface area contributed by atoms with E-state index < -0.39 is 0 Å². The van der Waals surface area contributed by atoms with Gasteiger partial charge in [0.15, 0.2) is 0 Å². The number of halogens is 1. The van der Waals surface area contributed by atoms with E-state index in [0.29, 0.717) is 5.92 Å². The number of rotatable bonds is 3. The number of fused-ring (bicyclic) bond motifs is 1. The molecule has 0 N–H and O–H groups in total. The third kappa shape index (κ3) is 2.43. The fourth-order valence-corrected chi connectivity index (χ4v) is 3.56. The maximum atomic E-state index is 6.76. The summed E-state index contributed by atoms with van der Waals surface area (Å²) < 4.78 is 5.26. The van der Waals surface area contributed by atoms with Gasteiger partial charge in [-0.3, -0.25) is 0 Å². The van der Waals surface area contributed by atoms with Crippen LogP contribution in [0.1, 0.15) is 27.6 Å². The van der Waals surface area contributed by atoms with Crippen LogP contribution in [0.2, 0.25) is 0 Å². The van der Waals surface area contributed by atoms with Gasteiger partial charge < -0.3 is 4.74 Å². The zero-order valence-corrected chi connectivity index (χ0v) is 12.7. The molecule has 0 saturated heterocycles. The lowest BCUT2D eigenvalue weighted by Crippen LogP contribution is -2.09. The highest BCUT2D eigenvalue weighted by atomic mass is 35.5. The molecule has 2 aromatic carbocycles. The summed E-state index contributed by atoms with van der Waals surface area (Å²) in [6.07, 6.45) is 2.16. The fourth-order valence-electron chi connectivity index (χ4n) is 3.14. The Morgan fingerprint density at radius 2 is 1.75 bits per heavy atom. The van der Waals surface area contributed by atoms with E-state index >= 15 is 0 Å². The second kappa shape index (κ2) is 5.49. The van der Waals surface area contributed by atoms with Gasteiger partial charge in [0.1, 0.15) is 5.75 Å². The molecule has 1 unspecified atom stereocenters. The van der Waals surface area contributed by atoms with Crippen LogP contribution in [0.25, 0.3) is 0 Å². The van der Waals surface area contributed by atoms with Crippen molar-refractivity contribution in [1.29, 1.82) is 0 Å². The minimum Gasteiger partial charge on any atom is -0.497 e. The summed E-state index contributed by atoms with van der Waals surface area (Å²) in [6.45, 7) is 2.11. The molecule has 3 rings (SSSR count). The van der Waals surface area contributed by atoms with Crippen LogP contribution in [0.3, 0.4) is 0 Å². The standard InChI is InChI=1S/C18H19ClO/c1-12-9-16(20-2)7-8-17(12)18(19)15-10-13-5-3-4-6-14(13)11-15/h3-9,15,18H,10-11H2,1-2H3. The van der Waals surface area contributed by atoms with Crippen molar-refractivity contribution in [2.75, 3.05) is 7.11 Å². The van der Waals surface area contributed by atoms with Gasteiger partial charge in [0, 0.05) is 0 Å². The molecule has 2 heteroatoms. The third-order valence-electron chi connectivity index (χ3n) is 4.27. The van der Waals surface area contributed by atoms with Gasteiger partial charge in [-0.25, -0.2) is 0 Å². The van der Waals surface area contributed by atoms with Crippen molar-refractivity contribution < 1.29 is 4.74 Å². The Hall–Kier alpha value is -1.47. The number of aryl methyl sites for hydroxylation is 1. The number of hydrogen-bond donors (Lipinski definition) is 0. The zero-order chi connectivity index (χ0) is 14.1. The van der Waals surface area contributed by atoms with Crippen molar-refractivity contribution in [3.05, 3.63) is 64.7 Å². The van der Waals surface area contributed by atoms with E-state index in [-0.39, 0.29) is 5.38 Å². The van der Waals surface area contributed by atoms with Gasteiger partial charge in [0.25, 0.3) is 0 Å². The summed E-state index contributed by atoms with van der Waals surface area (Å²) in [7, 11) is 1.69. The van der Waals surface area contributed by atoms with Gasteiger partial charge in [-0.2, -0.15) is 0 Å². The molecule has 0 aliphatic heterocycles. The average Bonchev–Trinajstić information content (AvgIpc) is 2.90. The van der Waals surface area contributed by atoms with E-state index in [1.165, 1.54) is 22.3 Å². The highest BCUT2D eigenvalue weighted by Crippen LogP contribution is 2.40. The largest absolute Gasteiger partial charge is 0.497 e. The summed E-state index contributed by atoms with van der Waals surface area (Å²) in [5.41, 5.74) is 5.34. The molecule has 1 nitrogen and oxygen atoms in total. The summed E-state index contributed by atoms with van der Waals surface area (Å²) in [4.78, 5) is 0. The van der Waals surface area contributed by atoms with Crippen molar-refractivity contribution in [1.82, 2.24) is 0 Å². The quantitative estimate of drug-likeness (QED) is 0.743. The Balaban J connectivity index is 1.82. The van der Waals surface area contributed by atoms with Crippen LogP contribution in [-0.2, 0) is 12.8 Å². The first-order valence-corrected chi connectivity index (χ1v) is 7.48. The molecule has 0 bridgehead atoms. The topological polar surface area (TPSA) is 9.23 Å². The zero-order valence-electron chi connectivity index (χ0n) is 11.9. The lowest BCUT2D eigenvalue weighted by atomic mass is 9.93. The smallest absolute Gasteiger partial charge is 0.119 e. The number of methoxy groups -OCH3 is 1. The Labute approximate surface area is 125 Å². The van der Waals surface area contributed by atoms with Crippen molar-refractivity contribution in [2.24, 2.45) is 5.92 Å². The van der Waals surface area contributed by atoms with Crippen LogP contribution in [0.5, 0.6) is 5.75 Å². The monoisotopic (exact) mass is 286 g/mol. The van der Waals surface area contributed by atoms with Crippen LogP contribution in [0.15, 0.2) is 42.5 Å². The first kappa shape index (κ1) is 13.5. The van der Waals surface area contributed by atoms with Gasteiger partial charge in [0.05, 0.1) is 12.5 Å². The molecule has 0 saturated carbocycles. The van der Waals surface area contributed by atoms with Crippen LogP contribution >= 0.6 is 11.6 Å². The molecular formula is C18H19ClO. The predicted molar refractivity (Wildman–Crippen MR) is 83.7 cm³/mol. The third-order valence-corrected chi connectivity index (χ3v) is 4.86. The first-order chi connectivity index (χ1) is 9.69. The normalized spacial score (nSPS) is 15.9. The van der Waals surface area contributed by atoms with Crippen molar-refractivity contribution in [2.45, 2.75) is 25.1 Å². The SMILES string of the molecule is COc1ccc(C(Cl)C2Cc3ccccc3C2)c(C)c1. The molecule has 20 heavy (non-hydrogen) atoms. The molecule has 0 aromatic heterocycles. The van der Waals surface area contributed by atoms with E-state index in [2.05, 4.69) is 43.3 Å². The Bertz CT molecular complexity index is 596. The molecule has 0 heterocycles. The molecule has 0 fully saturated rings. The van der Waals surface area contributed by atoms with Crippen molar-refractivity contribution in [3.8, 4) is 5.75 Å². The number of hydrogen-bond acceptors (Lipinski definition) is 1. The molecule has 104 valence electrons. The van der Waals surface area contributed by atoms with E-state index in [1.54, 1.807) is 7.11 Å². The number of benzene rings is 2. The van der Waals surface area contributed by atoms with E-state index in [4.69, 9.17) is 16.3 Å². The van der Waals surface area contributed by atoms with Crippen LogP contribution in [0.4, 0.5) is 0 Å². The maximum absolute atomic E-state index is 6.76. The molecule has 1 aliphatic rings. The Kier molecular flexibility index (Phi) is 3.71. The van der Waals surface area contributed by atoms with Gasteiger partial charge in [-0.15, -0.1) is 11.6 Å². The summed E-state index contributed by atoms with van der Waals surface area (Å²) in [6, 6.07) is 14.8. The van der Waals surface area contributed by atoms with Crippen molar-refractivity contribution in [3.63, 3.8) is 0 Å². The Morgan fingerprint density at radius 1 is 1.10 bits per heavy atom. The lowest BCUT2D eigenvalue weighted by Gasteiger charge is -2.19. The summed E-state index contributed by atoms with van der Waals surface area (Å²) in [5.74, 6) is 1.38. The minimum absolute atomic E-state index is 0.0632. The van der Waals surface area contributed by atoms with Gasteiger partial charge >= 0.3 is 0 Å². The summed E-state index contributed by atoms with van der Waals surface area (Å²) >= 11 is 6.76. The first-order valence-electron chi connectivity index (χ1n) is 7.04. The van der Waals surface area contributed by atoms with Gasteiger partial charge in [0.2, 0.25) is 0 Å². The predicted octanol–water partition coefficient (Wildman–Crippen LogP) is 4.70. The van der Waals surface area contributed by atoms with Gasteiger partial charge in [-0.1, -0.05) is 30.3 Å². The van der Waals surface area contributed by atoms with Crippen LogP contribution in [0, 0.1) is 12.8 Å². The fraction of sp³-hybridized carbons (Fsp3) is 0.333. The highest BCUT2D eigenvalue weighted by Gasteiger charge is 2.29. The van der Waals surface area contributed by atoms with E-state index in [9.17, 15) is 0 Å². The average molecular weight is 287 g/mol. The molecule has 1 atom stereocenters. The molecule has 0 radical (unpaired) electrons. The molecule has 1 aliphatic carbocycles. The second-order valence-electron chi connectivity index (χ2n) is 5.56. The van der Waals surface area contributed by atoms with E-state index in [0.717, 1.165) is 18.6 Å². The maximum Gasteiger partial charge on any atom is 0.119 e. The van der Waals surface area contributed by atoms with Gasteiger partial charge in [-0.05, 0) is 60.1 Å². The molecular weight excluding hydrogens is 268 g/mol. The van der Waals surface area contributed by atoms with E-state index in [1.807, 2.05) is 6.07 Å². The summed E-state index contributed by atoms with van der Waals surface area (Å²) in [5, 5.41) is 0.0632. The van der Waals surface area contributed by atoms with Crippen molar-refractivity contribution >= 4 is 11.6 Å². The molecule has 2 aromatic rings. The lowest BCUT2D eigenvalue weighted by molar-refractivity contribution is 0.414. The second-order valence-corrected chi connectivity index (χ2v) is 6.03. The number of alkyl halides is 1. The number of ether oxygens (including phenoxy) is 1.